The maximum atomic E-state index is 13.3. The van der Waals surface area contributed by atoms with E-state index in [1.807, 2.05) is 0 Å². The average Bonchev–Trinajstić information content (AvgIpc) is 2.08. The minimum atomic E-state index is -7.65. The van der Waals surface area contributed by atoms with Crippen LogP contribution in [0.25, 0.3) is 0 Å². The lowest BCUT2D eigenvalue weighted by atomic mass is 9.71. The molecule has 0 bridgehead atoms. The van der Waals surface area contributed by atoms with Crippen LogP contribution in [0.4, 0.5) is 57.1 Å². The Morgan fingerprint density at radius 3 is 1.09 bits per heavy atom. The smallest absolute Gasteiger partial charge is 0.241 e. The van der Waals surface area contributed by atoms with E-state index in [1.165, 1.54) is 0 Å². The van der Waals surface area contributed by atoms with Gasteiger partial charge in [-0.2, -0.15) is 43.9 Å². The molecule has 0 nitrogen and oxygen atoms in total. The zero-order valence-corrected chi connectivity index (χ0v) is 12.0. The third-order valence-electron chi connectivity index (χ3n) is 2.68. The Kier molecular flexibility index (Phi) is 5.38. The van der Waals surface area contributed by atoms with Crippen LogP contribution >= 0.6 is 22.6 Å². The number of hydrogen-bond acceptors (Lipinski definition) is 0. The molecule has 0 heterocycles. The molecule has 22 heavy (non-hydrogen) atoms. The van der Waals surface area contributed by atoms with Crippen molar-refractivity contribution < 1.29 is 57.1 Å². The quantitative estimate of drug-likeness (QED) is 0.277. The van der Waals surface area contributed by atoms with Gasteiger partial charge in [-0.1, -0.05) is 0 Å². The van der Waals surface area contributed by atoms with E-state index in [0.717, 1.165) is 0 Å². The van der Waals surface area contributed by atoms with Gasteiger partial charge in [0.05, 0.1) is 0 Å². The van der Waals surface area contributed by atoms with E-state index in [4.69, 9.17) is 0 Å². The Morgan fingerprint density at radius 1 is 0.682 bits per heavy atom. The first-order valence-corrected chi connectivity index (χ1v) is 5.87. The first-order chi connectivity index (χ1) is 9.19. The summed E-state index contributed by atoms with van der Waals surface area (Å²) < 4.78 is 160. The highest BCUT2D eigenvalue weighted by Crippen LogP contribution is 2.70. The van der Waals surface area contributed by atoms with Crippen LogP contribution in [0.15, 0.2) is 0 Å². The maximum Gasteiger partial charge on any atom is 0.415 e. The van der Waals surface area contributed by atoms with Gasteiger partial charge in [0.15, 0.2) is 6.17 Å². The Labute approximate surface area is 127 Å². The third kappa shape index (κ3) is 2.72. The Balaban J connectivity index is 7.11. The molecule has 0 aliphatic heterocycles. The van der Waals surface area contributed by atoms with E-state index < -0.39 is 69.2 Å². The van der Waals surface area contributed by atoms with Gasteiger partial charge in [0, 0.05) is 22.6 Å². The highest BCUT2D eigenvalue weighted by atomic mass is 127. The molecule has 0 fully saturated rings. The zero-order valence-electron chi connectivity index (χ0n) is 9.87. The van der Waals surface area contributed by atoms with Gasteiger partial charge in [0.25, 0.3) is 5.41 Å². The van der Waals surface area contributed by atoms with Crippen LogP contribution in [0, 0.1) is 5.41 Å². The third-order valence-corrected chi connectivity index (χ3v) is 3.35. The van der Waals surface area contributed by atoms with Crippen molar-refractivity contribution in [2.24, 2.45) is 5.41 Å². The largest absolute Gasteiger partial charge is 0.415 e. The topological polar surface area (TPSA) is 0 Å². The van der Waals surface area contributed by atoms with Gasteiger partial charge in [0.1, 0.15) is 0 Å². The van der Waals surface area contributed by atoms with Crippen LogP contribution in [0.1, 0.15) is 6.92 Å². The minimum Gasteiger partial charge on any atom is -0.241 e. The summed E-state index contributed by atoms with van der Waals surface area (Å²) in [5.41, 5.74) is -7.63. The van der Waals surface area contributed by atoms with Crippen molar-refractivity contribution >= 4 is 22.6 Å². The van der Waals surface area contributed by atoms with Crippen molar-refractivity contribution in [3.05, 3.63) is 0 Å². The van der Waals surface area contributed by atoms with Crippen molar-refractivity contribution in [2.75, 3.05) is 0 Å². The first kappa shape index (κ1) is 21.8. The standard InChI is InChI=1S/C8H4F13I/c1-2(9)3(10,11)4(6(14,15)16,7(17,18)19)5(12,13)8(20,21)22/h2H,1H3. The molecule has 0 aliphatic carbocycles. The highest BCUT2D eigenvalue weighted by Gasteiger charge is 2.96. The van der Waals surface area contributed by atoms with Gasteiger partial charge in [-0.3, -0.25) is 0 Å². The van der Waals surface area contributed by atoms with Crippen LogP contribution in [0.3, 0.4) is 0 Å². The second-order valence-corrected chi connectivity index (χ2v) is 5.41. The van der Waals surface area contributed by atoms with E-state index >= 15 is 0 Å². The zero-order chi connectivity index (χ0) is 18.6. The van der Waals surface area contributed by atoms with Crippen molar-refractivity contribution in [2.45, 2.75) is 41.2 Å². The molecule has 0 aliphatic rings. The summed E-state index contributed by atoms with van der Waals surface area (Å²) >= 11 is -0.851. The van der Waals surface area contributed by atoms with Gasteiger partial charge >= 0.3 is 28.1 Å². The highest BCUT2D eigenvalue weighted by molar-refractivity contribution is 14.1. The summed E-state index contributed by atoms with van der Waals surface area (Å²) in [6.45, 7) is -0.590. The van der Waals surface area contributed by atoms with Gasteiger partial charge < -0.3 is 0 Å². The Bertz CT molecular complexity index is 384. The number of rotatable bonds is 4. The van der Waals surface area contributed by atoms with Crippen molar-refractivity contribution in [1.29, 1.82) is 0 Å². The number of halogens is 14. The molecular weight excluding hydrogens is 470 g/mol. The molecule has 0 amide bonds. The lowest BCUT2D eigenvalue weighted by Gasteiger charge is -2.47. The molecule has 0 saturated heterocycles. The van der Waals surface area contributed by atoms with Crippen LogP contribution in [-0.2, 0) is 0 Å². The molecule has 14 heteroatoms. The minimum absolute atomic E-state index is 0.590. The SMILES string of the molecule is CC(F)C(F)(F)C(C(F)(F)F)(C(F)(F)F)C(F)(F)C(F)(F)I. The molecule has 0 spiro atoms. The average molecular weight is 474 g/mol. The Hall–Kier alpha value is -0.180. The first-order valence-electron chi connectivity index (χ1n) is 4.79. The summed E-state index contributed by atoms with van der Waals surface area (Å²) in [7, 11) is 0. The van der Waals surface area contributed by atoms with Crippen LogP contribution in [0.2, 0.25) is 0 Å². The fraction of sp³-hybridized carbons (Fsp3) is 1.00. The predicted octanol–water partition coefficient (Wildman–Crippen LogP) is 5.75. The van der Waals surface area contributed by atoms with Crippen molar-refractivity contribution in [3.63, 3.8) is 0 Å². The molecule has 0 aromatic rings. The maximum absolute atomic E-state index is 13.3. The summed E-state index contributed by atoms with van der Waals surface area (Å²) in [5.74, 6) is -14.3. The van der Waals surface area contributed by atoms with Crippen molar-refractivity contribution in [3.8, 4) is 0 Å². The van der Waals surface area contributed by atoms with E-state index in [2.05, 4.69) is 0 Å². The molecule has 134 valence electrons. The van der Waals surface area contributed by atoms with Gasteiger partial charge in [-0.15, -0.1) is 0 Å². The van der Waals surface area contributed by atoms with Gasteiger partial charge in [0.2, 0.25) is 0 Å². The lowest BCUT2D eigenvalue weighted by Crippen LogP contribution is -2.75. The van der Waals surface area contributed by atoms with Crippen molar-refractivity contribution in [1.82, 2.24) is 0 Å². The van der Waals surface area contributed by atoms with Crippen LogP contribution in [0.5, 0.6) is 0 Å². The fourth-order valence-corrected chi connectivity index (χ4v) is 2.02. The van der Waals surface area contributed by atoms with Gasteiger partial charge in [-0.25, -0.2) is 13.2 Å². The molecule has 0 saturated carbocycles. The molecular formula is C8H4F13I. The number of hydrogen-bond donors (Lipinski definition) is 0. The molecule has 0 aromatic heterocycles. The normalized spacial score (nSPS) is 17.6. The van der Waals surface area contributed by atoms with E-state index in [1.54, 1.807) is 0 Å². The molecule has 1 atom stereocenters. The van der Waals surface area contributed by atoms with Gasteiger partial charge in [-0.05, 0) is 6.92 Å². The van der Waals surface area contributed by atoms with E-state index in [-0.39, 0.29) is 0 Å². The molecule has 0 aromatic carbocycles. The Morgan fingerprint density at radius 2 is 0.955 bits per heavy atom. The summed E-state index contributed by atoms with van der Waals surface area (Å²) in [6.07, 6.45) is -19.7. The second kappa shape index (κ2) is 5.43. The summed E-state index contributed by atoms with van der Waals surface area (Å²) in [5, 5.41) is 0. The lowest BCUT2D eigenvalue weighted by molar-refractivity contribution is -0.472. The van der Waals surface area contributed by atoms with Crippen LogP contribution in [-0.4, -0.2) is 34.3 Å². The summed E-state index contributed by atoms with van der Waals surface area (Å²) in [6, 6.07) is 0. The fourth-order valence-electron chi connectivity index (χ4n) is 1.61. The molecule has 0 N–H and O–H groups in total. The van der Waals surface area contributed by atoms with E-state index in [9.17, 15) is 57.1 Å². The van der Waals surface area contributed by atoms with E-state index in [0.29, 0.717) is 0 Å². The summed E-state index contributed by atoms with van der Waals surface area (Å²) in [4.78, 5) is 0. The molecule has 0 radical (unpaired) electrons. The van der Waals surface area contributed by atoms with Crippen LogP contribution < -0.4 is 0 Å². The second-order valence-electron chi connectivity index (χ2n) is 4.06. The monoisotopic (exact) mass is 474 g/mol. The predicted molar refractivity (Wildman–Crippen MR) is 54.0 cm³/mol. The number of alkyl halides is 14. The molecule has 1 unspecified atom stereocenters. The molecule has 0 rings (SSSR count).